The number of β-amino-alcohol motifs (C(OH)–C–C–N with tert-alkyl or cyclic N) is 1. The van der Waals surface area contributed by atoms with Gasteiger partial charge in [-0.3, -0.25) is 4.90 Å². The largest absolute Gasteiger partial charge is 0.419 e. The van der Waals surface area contributed by atoms with Crippen LogP contribution in [-0.4, -0.2) is 41.9 Å². The third kappa shape index (κ3) is 2.10. The fraction of sp³-hybridized carbons (Fsp3) is 1.00. The second kappa shape index (κ2) is 3.62. The summed E-state index contributed by atoms with van der Waals surface area (Å²) in [6.45, 7) is 3.38. The van der Waals surface area contributed by atoms with Gasteiger partial charge in [-0.2, -0.15) is 13.2 Å². The van der Waals surface area contributed by atoms with Crippen molar-refractivity contribution in [2.45, 2.75) is 25.6 Å². The predicted molar refractivity (Wildman–Crippen MR) is 39.8 cm³/mol. The lowest BCUT2D eigenvalue weighted by molar-refractivity contribution is -0.298. The number of alkyl halides is 3. The summed E-state index contributed by atoms with van der Waals surface area (Å²) in [6.07, 6.45) is -4.47. The first-order chi connectivity index (χ1) is 5.35. The SMILES string of the molecule is CC.CN1CC(O)(C(F)(F)F)C1. The summed E-state index contributed by atoms with van der Waals surface area (Å²) < 4.78 is 35.3. The molecule has 1 N–H and O–H groups in total. The van der Waals surface area contributed by atoms with Gasteiger partial charge in [0.05, 0.1) is 0 Å². The molecule has 0 spiro atoms. The molecular formula is C7H14F3NO. The molecule has 0 aromatic carbocycles. The van der Waals surface area contributed by atoms with E-state index in [1.54, 1.807) is 0 Å². The van der Waals surface area contributed by atoms with Gasteiger partial charge < -0.3 is 5.11 Å². The first-order valence-electron chi connectivity index (χ1n) is 3.83. The van der Waals surface area contributed by atoms with E-state index in [4.69, 9.17) is 5.11 Å². The number of nitrogens with zero attached hydrogens (tertiary/aromatic N) is 1. The minimum atomic E-state index is -4.47. The summed E-state index contributed by atoms with van der Waals surface area (Å²) in [5, 5.41) is 8.75. The molecule has 1 saturated heterocycles. The highest BCUT2D eigenvalue weighted by atomic mass is 19.4. The van der Waals surface area contributed by atoms with E-state index in [0.29, 0.717) is 0 Å². The molecule has 0 aromatic rings. The lowest BCUT2D eigenvalue weighted by Crippen LogP contribution is -2.67. The van der Waals surface area contributed by atoms with E-state index < -0.39 is 11.8 Å². The van der Waals surface area contributed by atoms with Crippen molar-refractivity contribution >= 4 is 0 Å². The van der Waals surface area contributed by atoms with Crippen LogP contribution >= 0.6 is 0 Å². The molecule has 0 aromatic heterocycles. The van der Waals surface area contributed by atoms with Crippen LogP contribution in [0.2, 0.25) is 0 Å². The molecule has 74 valence electrons. The van der Waals surface area contributed by atoms with Gasteiger partial charge in [-0.05, 0) is 7.05 Å². The molecule has 5 heteroatoms. The minimum Gasteiger partial charge on any atom is -0.378 e. The normalized spacial score (nSPS) is 22.2. The molecule has 0 saturated carbocycles. The second-order valence-electron chi connectivity index (χ2n) is 2.70. The van der Waals surface area contributed by atoms with Gasteiger partial charge in [0.1, 0.15) is 0 Å². The Morgan fingerprint density at radius 1 is 1.25 bits per heavy atom. The summed E-state index contributed by atoms with van der Waals surface area (Å²) in [5.74, 6) is 0. The fourth-order valence-corrected chi connectivity index (χ4v) is 1.03. The average molecular weight is 185 g/mol. The van der Waals surface area contributed by atoms with Crippen LogP contribution < -0.4 is 0 Å². The maximum absolute atomic E-state index is 11.8. The fourth-order valence-electron chi connectivity index (χ4n) is 1.03. The number of likely N-dealkylation sites (N-methyl/N-ethyl adjacent to an activating group) is 1. The summed E-state index contributed by atoms with van der Waals surface area (Å²) in [4.78, 5) is 1.41. The molecule has 0 bridgehead atoms. The molecule has 1 aliphatic rings. The first-order valence-corrected chi connectivity index (χ1v) is 3.83. The number of hydrogen-bond donors (Lipinski definition) is 1. The van der Waals surface area contributed by atoms with Gasteiger partial charge in [-0.15, -0.1) is 0 Å². The molecule has 0 atom stereocenters. The molecule has 0 radical (unpaired) electrons. The van der Waals surface area contributed by atoms with Crippen LogP contribution in [0.5, 0.6) is 0 Å². The Bertz CT molecular complexity index is 140. The van der Waals surface area contributed by atoms with Crippen molar-refractivity contribution in [1.29, 1.82) is 0 Å². The quantitative estimate of drug-likeness (QED) is 0.614. The minimum absolute atomic E-state index is 0.309. The van der Waals surface area contributed by atoms with E-state index in [1.165, 1.54) is 11.9 Å². The van der Waals surface area contributed by atoms with Gasteiger partial charge >= 0.3 is 6.18 Å². The van der Waals surface area contributed by atoms with Gasteiger partial charge in [0.15, 0.2) is 5.60 Å². The van der Waals surface area contributed by atoms with Gasteiger partial charge in [0.2, 0.25) is 0 Å². The summed E-state index contributed by atoms with van der Waals surface area (Å²) in [5.41, 5.74) is -2.44. The lowest BCUT2D eigenvalue weighted by Gasteiger charge is -2.44. The van der Waals surface area contributed by atoms with Crippen LogP contribution in [0.4, 0.5) is 13.2 Å². The first kappa shape index (κ1) is 11.7. The van der Waals surface area contributed by atoms with Crippen LogP contribution in [0.1, 0.15) is 13.8 Å². The standard InChI is InChI=1S/C5H8F3NO.C2H6/c1-9-2-4(10,3-9)5(6,7)8;1-2/h10H,2-3H2,1H3;1-2H3. The van der Waals surface area contributed by atoms with Gasteiger partial charge in [-0.25, -0.2) is 0 Å². The Labute approximate surface area is 70.0 Å². The summed E-state index contributed by atoms with van der Waals surface area (Å²) in [6, 6.07) is 0. The molecule has 1 fully saturated rings. The van der Waals surface area contributed by atoms with Crippen molar-refractivity contribution in [1.82, 2.24) is 4.90 Å². The summed E-state index contributed by atoms with van der Waals surface area (Å²) in [7, 11) is 1.53. The molecule has 0 aliphatic carbocycles. The van der Waals surface area contributed by atoms with Crippen molar-refractivity contribution in [3.05, 3.63) is 0 Å². The van der Waals surface area contributed by atoms with Gasteiger partial charge in [-0.1, -0.05) is 13.8 Å². The maximum Gasteiger partial charge on any atom is 0.419 e. The van der Waals surface area contributed by atoms with Crippen molar-refractivity contribution < 1.29 is 18.3 Å². The van der Waals surface area contributed by atoms with Gasteiger partial charge in [0, 0.05) is 13.1 Å². The molecule has 2 nitrogen and oxygen atoms in total. The van der Waals surface area contributed by atoms with E-state index in [2.05, 4.69) is 0 Å². The van der Waals surface area contributed by atoms with Crippen LogP contribution in [0.15, 0.2) is 0 Å². The smallest absolute Gasteiger partial charge is 0.378 e. The van der Waals surface area contributed by atoms with Crippen LogP contribution in [0.25, 0.3) is 0 Å². The van der Waals surface area contributed by atoms with E-state index in [1.807, 2.05) is 13.8 Å². The topological polar surface area (TPSA) is 23.5 Å². The molecule has 1 aliphatic heterocycles. The second-order valence-corrected chi connectivity index (χ2v) is 2.70. The number of rotatable bonds is 0. The highest BCUT2D eigenvalue weighted by molar-refractivity contribution is 4.99. The molecule has 1 rings (SSSR count). The lowest BCUT2D eigenvalue weighted by atomic mass is 9.95. The van der Waals surface area contributed by atoms with E-state index in [-0.39, 0.29) is 13.1 Å². The highest BCUT2D eigenvalue weighted by Gasteiger charge is 2.59. The molecule has 1 heterocycles. The van der Waals surface area contributed by atoms with Crippen LogP contribution in [0.3, 0.4) is 0 Å². The zero-order valence-electron chi connectivity index (χ0n) is 7.44. The van der Waals surface area contributed by atoms with Gasteiger partial charge in [0.25, 0.3) is 0 Å². The monoisotopic (exact) mass is 185 g/mol. The Morgan fingerprint density at radius 3 is 1.67 bits per heavy atom. The highest BCUT2D eigenvalue weighted by Crippen LogP contribution is 2.36. The third-order valence-corrected chi connectivity index (χ3v) is 1.59. The zero-order chi connectivity index (χ0) is 9.99. The van der Waals surface area contributed by atoms with Crippen LogP contribution in [0, 0.1) is 0 Å². The zero-order valence-corrected chi connectivity index (χ0v) is 7.44. The molecule has 0 amide bonds. The Morgan fingerprint density at radius 2 is 1.58 bits per heavy atom. The third-order valence-electron chi connectivity index (χ3n) is 1.59. The van der Waals surface area contributed by atoms with E-state index in [0.717, 1.165) is 0 Å². The Kier molecular flexibility index (Phi) is 3.53. The maximum atomic E-state index is 11.8. The van der Waals surface area contributed by atoms with Crippen molar-refractivity contribution in [2.24, 2.45) is 0 Å². The number of hydrogen-bond acceptors (Lipinski definition) is 2. The number of halogens is 3. The number of likely N-dealkylation sites (tertiary alicyclic amines) is 1. The van der Waals surface area contributed by atoms with E-state index in [9.17, 15) is 13.2 Å². The Hall–Kier alpha value is -0.290. The Balaban J connectivity index is 0.000000561. The molecule has 0 unspecified atom stereocenters. The van der Waals surface area contributed by atoms with E-state index >= 15 is 0 Å². The van der Waals surface area contributed by atoms with Crippen molar-refractivity contribution in [3.63, 3.8) is 0 Å². The van der Waals surface area contributed by atoms with Crippen molar-refractivity contribution in [2.75, 3.05) is 20.1 Å². The number of aliphatic hydroxyl groups is 1. The molecule has 12 heavy (non-hydrogen) atoms. The van der Waals surface area contributed by atoms with Crippen molar-refractivity contribution in [3.8, 4) is 0 Å². The predicted octanol–water partition coefficient (Wildman–Crippen LogP) is 1.25. The van der Waals surface area contributed by atoms with Crippen LogP contribution in [-0.2, 0) is 0 Å². The molecular weight excluding hydrogens is 171 g/mol. The summed E-state index contributed by atoms with van der Waals surface area (Å²) >= 11 is 0. The average Bonchev–Trinajstić information content (AvgIpc) is 1.87.